The van der Waals surface area contributed by atoms with Gasteiger partial charge in [0.05, 0.1) is 12.7 Å². The van der Waals surface area contributed by atoms with E-state index in [0.29, 0.717) is 11.5 Å². The van der Waals surface area contributed by atoms with E-state index in [1.165, 1.54) is 38.5 Å². The fourth-order valence-electron chi connectivity index (χ4n) is 2.63. The van der Waals surface area contributed by atoms with Gasteiger partial charge in [-0.05, 0) is 44.9 Å². The molecule has 0 spiro atoms. The molecule has 0 aromatic carbocycles. The predicted octanol–water partition coefficient (Wildman–Crippen LogP) is 3.50. The van der Waals surface area contributed by atoms with Gasteiger partial charge in [-0.1, -0.05) is 19.8 Å². The molecule has 1 aliphatic carbocycles. The first-order chi connectivity index (χ1) is 7.05. The quantitative estimate of drug-likeness (QED) is 0.694. The molecule has 0 radical (unpaired) electrons. The Morgan fingerprint density at radius 1 is 1.27 bits per heavy atom. The zero-order valence-electron chi connectivity index (χ0n) is 10.3. The minimum atomic E-state index is -0.342. The highest BCUT2D eigenvalue weighted by atomic mass is 16.7. The lowest BCUT2D eigenvalue weighted by Gasteiger charge is -2.21. The zero-order valence-corrected chi connectivity index (χ0v) is 10.3. The van der Waals surface area contributed by atoms with Crippen LogP contribution in [0.3, 0.4) is 0 Å². The number of rotatable bonds is 5. The fourth-order valence-corrected chi connectivity index (χ4v) is 2.63. The molecule has 1 saturated carbocycles. The first-order valence-corrected chi connectivity index (χ1v) is 6.37. The van der Waals surface area contributed by atoms with Crippen molar-refractivity contribution in [2.75, 3.05) is 6.61 Å². The molecule has 2 aliphatic rings. The Morgan fingerprint density at radius 3 is 2.47 bits per heavy atom. The summed E-state index contributed by atoms with van der Waals surface area (Å²) in [6, 6.07) is 0. The highest BCUT2D eigenvalue weighted by Crippen LogP contribution is 2.54. The van der Waals surface area contributed by atoms with Crippen LogP contribution in [0.1, 0.15) is 59.3 Å². The number of unbranched alkanes of at least 4 members (excludes halogenated alkanes) is 1. The smallest absolute Gasteiger partial charge is 0.163 e. The van der Waals surface area contributed by atoms with Gasteiger partial charge in [0.1, 0.15) is 0 Å². The Bertz CT molecular complexity index is 219. The maximum Gasteiger partial charge on any atom is 0.163 e. The van der Waals surface area contributed by atoms with Gasteiger partial charge < -0.3 is 9.47 Å². The molecule has 2 nitrogen and oxygen atoms in total. The molecule has 0 aromatic heterocycles. The van der Waals surface area contributed by atoms with E-state index in [2.05, 4.69) is 6.92 Å². The van der Waals surface area contributed by atoms with Crippen LogP contribution in [0.25, 0.3) is 0 Å². The maximum absolute atomic E-state index is 5.88. The molecular formula is C13H24O2. The summed E-state index contributed by atoms with van der Waals surface area (Å²) < 4.78 is 11.5. The summed E-state index contributed by atoms with van der Waals surface area (Å²) in [6.07, 6.45) is 8.46. The van der Waals surface area contributed by atoms with Crippen LogP contribution in [-0.2, 0) is 9.47 Å². The van der Waals surface area contributed by atoms with Gasteiger partial charge in [0.25, 0.3) is 0 Å². The van der Waals surface area contributed by atoms with Crippen LogP contribution in [0.4, 0.5) is 0 Å². The molecule has 1 saturated heterocycles. The van der Waals surface area contributed by atoms with Gasteiger partial charge in [-0.3, -0.25) is 0 Å². The van der Waals surface area contributed by atoms with Crippen molar-refractivity contribution < 1.29 is 9.47 Å². The molecule has 1 atom stereocenters. The molecule has 1 heterocycles. The lowest BCUT2D eigenvalue weighted by Crippen LogP contribution is -2.23. The average molecular weight is 212 g/mol. The molecule has 0 amide bonds. The fraction of sp³-hybridized carbons (Fsp3) is 1.00. The lowest BCUT2D eigenvalue weighted by molar-refractivity contribution is -0.140. The van der Waals surface area contributed by atoms with E-state index < -0.39 is 0 Å². The molecule has 0 N–H and O–H groups in total. The zero-order chi connectivity index (χ0) is 10.9. The molecule has 0 aromatic rings. The van der Waals surface area contributed by atoms with Gasteiger partial charge in [-0.2, -0.15) is 0 Å². The molecule has 88 valence electrons. The van der Waals surface area contributed by atoms with Crippen LogP contribution < -0.4 is 0 Å². The van der Waals surface area contributed by atoms with Crippen molar-refractivity contribution in [1.29, 1.82) is 0 Å². The van der Waals surface area contributed by atoms with E-state index in [9.17, 15) is 0 Å². The molecular weight excluding hydrogens is 188 g/mol. The highest BCUT2D eigenvalue weighted by Gasteiger charge is 2.46. The Morgan fingerprint density at radius 2 is 2.00 bits per heavy atom. The van der Waals surface area contributed by atoms with Crippen molar-refractivity contribution >= 4 is 0 Å². The first kappa shape index (κ1) is 11.4. The summed E-state index contributed by atoms with van der Waals surface area (Å²) in [6.45, 7) is 7.09. The Kier molecular flexibility index (Phi) is 3.09. The third-order valence-corrected chi connectivity index (χ3v) is 3.75. The summed E-state index contributed by atoms with van der Waals surface area (Å²) in [7, 11) is 0. The Hall–Kier alpha value is -0.0800. The summed E-state index contributed by atoms with van der Waals surface area (Å²) in [4.78, 5) is 0. The van der Waals surface area contributed by atoms with Gasteiger partial charge in [0, 0.05) is 0 Å². The second kappa shape index (κ2) is 4.06. The van der Waals surface area contributed by atoms with Crippen molar-refractivity contribution in [2.24, 2.45) is 5.41 Å². The van der Waals surface area contributed by atoms with Gasteiger partial charge in [-0.25, -0.2) is 0 Å². The average Bonchev–Trinajstić information content (AvgIpc) is 2.83. The number of hydrogen-bond acceptors (Lipinski definition) is 2. The largest absolute Gasteiger partial charge is 0.348 e. The van der Waals surface area contributed by atoms with E-state index in [1.807, 2.05) is 13.8 Å². The van der Waals surface area contributed by atoms with Gasteiger partial charge in [0.15, 0.2) is 5.79 Å². The second-order valence-corrected chi connectivity index (χ2v) is 5.76. The molecule has 1 aliphatic heterocycles. The van der Waals surface area contributed by atoms with Gasteiger partial charge >= 0.3 is 0 Å². The monoisotopic (exact) mass is 212 g/mol. The van der Waals surface area contributed by atoms with Crippen LogP contribution in [0, 0.1) is 5.41 Å². The van der Waals surface area contributed by atoms with Crippen LogP contribution in [-0.4, -0.2) is 18.5 Å². The summed E-state index contributed by atoms with van der Waals surface area (Å²) in [5.74, 6) is -0.342. The summed E-state index contributed by atoms with van der Waals surface area (Å²) in [5.41, 5.74) is 0.629. The van der Waals surface area contributed by atoms with Crippen molar-refractivity contribution in [3.63, 3.8) is 0 Å². The highest BCUT2D eigenvalue weighted by molar-refractivity contribution is 4.95. The maximum atomic E-state index is 5.88. The van der Waals surface area contributed by atoms with Crippen molar-refractivity contribution in [2.45, 2.75) is 71.2 Å². The normalized spacial score (nSPS) is 31.8. The van der Waals surface area contributed by atoms with E-state index in [-0.39, 0.29) is 5.79 Å². The van der Waals surface area contributed by atoms with Gasteiger partial charge in [-0.15, -0.1) is 0 Å². The molecule has 2 heteroatoms. The SMILES string of the molecule is CCCCC1(C[C@H]2COC(C)(C)O2)CC1. The minimum absolute atomic E-state index is 0.342. The van der Waals surface area contributed by atoms with E-state index in [0.717, 1.165) is 6.61 Å². The van der Waals surface area contributed by atoms with Crippen LogP contribution >= 0.6 is 0 Å². The lowest BCUT2D eigenvalue weighted by atomic mass is 9.92. The topological polar surface area (TPSA) is 18.5 Å². The summed E-state index contributed by atoms with van der Waals surface area (Å²) in [5, 5.41) is 0. The van der Waals surface area contributed by atoms with Gasteiger partial charge in [0.2, 0.25) is 0 Å². The third-order valence-electron chi connectivity index (χ3n) is 3.75. The van der Waals surface area contributed by atoms with Crippen LogP contribution in [0.5, 0.6) is 0 Å². The number of hydrogen-bond donors (Lipinski definition) is 0. The molecule has 0 unspecified atom stereocenters. The van der Waals surface area contributed by atoms with Crippen molar-refractivity contribution in [1.82, 2.24) is 0 Å². The standard InChI is InChI=1S/C13H24O2/c1-4-5-6-13(7-8-13)9-11-10-14-12(2,3)15-11/h11H,4-10H2,1-3H3/t11-/m0/s1. The predicted molar refractivity (Wildman–Crippen MR) is 60.7 cm³/mol. The first-order valence-electron chi connectivity index (χ1n) is 6.37. The van der Waals surface area contributed by atoms with Crippen molar-refractivity contribution in [3.05, 3.63) is 0 Å². The van der Waals surface area contributed by atoms with E-state index in [4.69, 9.17) is 9.47 Å². The number of ether oxygens (including phenoxy) is 2. The molecule has 2 rings (SSSR count). The summed E-state index contributed by atoms with van der Waals surface area (Å²) >= 11 is 0. The van der Waals surface area contributed by atoms with Crippen LogP contribution in [0.2, 0.25) is 0 Å². The third kappa shape index (κ3) is 2.94. The minimum Gasteiger partial charge on any atom is -0.348 e. The van der Waals surface area contributed by atoms with Crippen LogP contribution in [0.15, 0.2) is 0 Å². The Balaban J connectivity index is 1.77. The Labute approximate surface area is 93.3 Å². The molecule has 15 heavy (non-hydrogen) atoms. The van der Waals surface area contributed by atoms with E-state index in [1.54, 1.807) is 0 Å². The second-order valence-electron chi connectivity index (χ2n) is 5.76. The molecule has 0 bridgehead atoms. The molecule has 2 fully saturated rings. The van der Waals surface area contributed by atoms with Crippen molar-refractivity contribution in [3.8, 4) is 0 Å². The van der Waals surface area contributed by atoms with E-state index >= 15 is 0 Å².